The van der Waals surface area contributed by atoms with Crippen molar-refractivity contribution in [2.75, 3.05) is 4.72 Å². The Morgan fingerprint density at radius 3 is 2.71 bits per heavy atom. The molecule has 0 saturated carbocycles. The van der Waals surface area contributed by atoms with E-state index in [1.54, 1.807) is 23.9 Å². The average Bonchev–Trinajstić information content (AvgIpc) is 3.04. The monoisotopic (exact) mass is 305 g/mol. The van der Waals surface area contributed by atoms with Crippen LogP contribution in [0.25, 0.3) is 0 Å². The third kappa shape index (κ3) is 2.69. The van der Waals surface area contributed by atoms with Crippen molar-refractivity contribution in [2.45, 2.75) is 30.7 Å². The van der Waals surface area contributed by atoms with Gasteiger partial charge in [0.05, 0.1) is 0 Å². The van der Waals surface area contributed by atoms with E-state index in [9.17, 15) is 8.42 Å². The first-order chi connectivity index (χ1) is 9.99. The van der Waals surface area contributed by atoms with E-state index in [1.807, 2.05) is 18.2 Å². The zero-order valence-corrected chi connectivity index (χ0v) is 12.8. The fourth-order valence-electron chi connectivity index (χ4n) is 2.78. The number of anilines is 1. The van der Waals surface area contributed by atoms with Crippen LogP contribution in [0.3, 0.4) is 0 Å². The van der Waals surface area contributed by atoms with Gasteiger partial charge in [-0.2, -0.15) is 0 Å². The van der Waals surface area contributed by atoms with Gasteiger partial charge in [-0.15, -0.1) is 0 Å². The number of fused-ring (bicyclic) bond motifs is 1. The van der Waals surface area contributed by atoms with Crippen LogP contribution in [0, 0.1) is 0 Å². The maximum atomic E-state index is 12.4. The van der Waals surface area contributed by atoms with E-state index in [0.29, 0.717) is 12.2 Å². The summed E-state index contributed by atoms with van der Waals surface area (Å²) in [6.07, 6.45) is 4.83. The highest BCUT2D eigenvalue weighted by Crippen LogP contribution is 2.26. The number of hydrogen-bond donors (Lipinski definition) is 2. The second-order valence-electron chi connectivity index (χ2n) is 5.42. The number of sulfonamides is 1. The molecule has 0 fully saturated rings. The summed E-state index contributed by atoms with van der Waals surface area (Å²) in [5.74, 6) is 0. The summed E-state index contributed by atoms with van der Waals surface area (Å²) >= 11 is 0. The van der Waals surface area contributed by atoms with Crippen molar-refractivity contribution < 1.29 is 8.42 Å². The Balaban J connectivity index is 1.88. The Labute approximate surface area is 124 Å². The number of nitrogens with zero attached hydrogens (tertiary/aromatic N) is 1. The fraction of sp³-hybridized carbons (Fsp3) is 0.333. The second kappa shape index (κ2) is 5.20. The molecule has 5 nitrogen and oxygen atoms in total. The van der Waals surface area contributed by atoms with E-state index < -0.39 is 10.0 Å². The number of benzene rings is 1. The molecule has 3 rings (SSSR count). The van der Waals surface area contributed by atoms with Gasteiger partial charge in [0.25, 0.3) is 10.0 Å². The Hall–Kier alpha value is -1.79. The maximum Gasteiger partial charge on any atom is 0.263 e. The minimum absolute atomic E-state index is 0.242. The Morgan fingerprint density at radius 2 is 2.00 bits per heavy atom. The lowest BCUT2D eigenvalue weighted by Crippen LogP contribution is -2.12. The Bertz CT molecular complexity index is 778. The van der Waals surface area contributed by atoms with Gasteiger partial charge in [0, 0.05) is 31.2 Å². The lowest BCUT2D eigenvalue weighted by Gasteiger charge is -2.08. The van der Waals surface area contributed by atoms with Crippen molar-refractivity contribution in [1.29, 1.82) is 0 Å². The highest BCUT2D eigenvalue weighted by molar-refractivity contribution is 7.92. The Kier molecular flexibility index (Phi) is 3.51. The maximum absolute atomic E-state index is 12.4. The summed E-state index contributed by atoms with van der Waals surface area (Å²) < 4.78 is 29.2. The SMILES string of the molecule is Cn1cc(S(=O)(=O)Nc2ccc3c(c2)CCC3)cc1CN. The molecule has 6 heteroatoms. The van der Waals surface area contributed by atoms with Crippen LogP contribution in [0.15, 0.2) is 35.4 Å². The van der Waals surface area contributed by atoms with E-state index in [2.05, 4.69) is 4.72 Å². The van der Waals surface area contributed by atoms with Crippen molar-refractivity contribution in [3.05, 3.63) is 47.3 Å². The molecule has 0 radical (unpaired) electrons. The minimum atomic E-state index is -3.57. The predicted molar refractivity (Wildman–Crippen MR) is 82.6 cm³/mol. The first-order valence-corrected chi connectivity index (χ1v) is 8.48. The van der Waals surface area contributed by atoms with Crippen molar-refractivity contribution in [3.63, 3.8) is 0 Å². The van der Waals surface area contributed by atoms with Crippen LogP contribution in [-0.4, -0.2) is 13.0 Å². The third-order valence-corrected chi connectivity index (χ3v) is 5.30. The molecule has 3 N–H and O–H groups in total. The van der Waals surface area contributed by atoms with Gasteiger partial charge >= 0.3 is 0 Å². The smallest absolute Gasteiger partial charge is 0.263 e. The van der Waals surface area contributed by atoms with E-state index in [-0.39, 0.29) is 4.90 Å². The molecule has 0 atom stereocenters. The molecular formula is C15H19N3O2S. The van der Waals surface area contributed by atoms with Crippen LogP contribution >= 0.6 is 0 Å². The number of hydrogen-bond acceptors (Lipinski definition) is 3. The molecule has 1 aliphatic carbocycles. The highest BCUT2D eigenvalue weighted by atomic mass is 32.2. The zero-order chi connectivity index (χ0) is 15.0. The molecule has 1 heterocycles. The van der Waals surface area contributed by atoms with Gasteiger partial charge in [-0.1, -0.05) is 6.07 Å². The standard InChI is InChI=1S/C15H19N3O2S/c1-18-10-15(8-14(18)9-16)21(19,20)17-13-6-5-11-3-2-4-12(11)7-13/h5-8,10,17H,2-4,9,16H2,1H3. The summed E-state index contributed by atoms with van der Waals surface area (Å²) in [5, 5.41) is 0. The molecule has 2 aromatic rings. The fourth-order valence-corrected chi connectivity index (χ4v) is 3.92. The Morgan fingerprint density at radius 1 is 1.24 bits per heavy atom. The van der Waals surface area contributed by atoms with E-state index >= 15 is 0 Å². The summed E-state index contributed by atoms with van der Waals surface area (Å²) in [4.78, 5) is 0.242. The molecule has 0 amide bonds. The molecule has 1 aromatic heterocycles. The van der Waals surface area contributed by atoms with Gasteiger partial charge in [-0.3, -0.25) is 4.72 Å². The highest BCUT2D eigenvalue weighted by Gasteiger charge is 2.18. The number of aromatic nitrogens is 1. The largest absolute Gasteiger partial charge is 0.352 e. The van der Waals surface area contributed by atoms with Gasteiger partial charge < -0.3 is 10.3 Å². The van der Waals surface area contributed by atoms with E-state index in [4.69, 9.17) is 5.73 Å². The quantitative estimate of drug-likeness (QED) is 0.904. The van der Waals surface area contributed by atoms with Gasteiger partial charge in [-0.05, 0) is 48.6 Å². The summed E-state index contributed by atoms with van der Waals surface area (Å²) in [6, 6.07) is 7.38. The number of aryl methyl sites for hydroxylation is 3. The van der Waals surface area contributed by atoms with E-state index in [1.165, 1.54) is 11.1 Å². The number of rotatable bonds is 4. The summed E-state index contributed by atoms with van der Waals surface area (Å²) in [5.41, 5.74) is 9.55. The van der Waals surface area contributed by atoms with Gasteiger partial charge in [-0.25, -0.2) is 8.42 Å². The van der Waals surface area contributed by atoms with Crippen LogP contribution < -0.4 is 10.5 Å². The average molecular weight is 305 g/mol. The van der Waals surface area contributed by atoms with E-state index in [0.717, 1.165) is 25.0 Å². The first kappa shape index (κ1) is 14.2. The zero-order valence-electron chi connectivity index (χ0n) is 12.0. The van der Waals surface area contributed by atoms with Gasteiger partial charge in [0.1, 0.15) is 4.90 Å². The molecule has 0 saturated heterocycles. The first-order valence-electron chi connectivity index (χ1n) is 6.99. The number of nitrogens with two attached hydrogens (primary N) is 1. The molecule has 0 spiro atoms. The predicted octanol–water partition coefficient (Wildman–Crippen LogP) is 1.77. The molecular weight excluding hydrogens is 286 g/mol. The summed E-state index contributed by atoms with van der Waals surface area (Å²) in [7, 11) is -1.78. The third-order valence-electron chi connectivity index (χ3n) is 3.95. The van der Waals surface area contributed by atoms with Crippen LogP contribution in [-0.2, 0) is 36.5 Å². The molecule has 0 bridgehead atoms. The van der Waals surface area contributed by atoms with Crippen LogP contribution in [0.5, 0.6) is 0 Å². The topological polar surface area (TPSA) is 77.1 Å². The van der Waals surface area contributed by atoms with Crippen molar-refractivity contribution in [2.24, 2.45) is 12.8 Å². The van der Waals surface area contributed by atoms with Crippen molar-refractivity contribution in [1.82, 2.24) is 4.57 Å². The lowest BCUT2D eigenvalue weighted by atomic mass is 10.1. The van der Waals surface area contributed by atoms with Crippen LogP contribution in [0.2, 0.25) is 0 Å². The van der Waals surface area contributed by atoms with Crippen LogP contribution in [0.1, 0.15) is 23.2 Å². The van der Waals surface area contributed by atoms with Gasteiger partial charge in [0.2, 0.25) is 0 Å². The summed E-state index contributed by atoms with van der Waals surface area (Å²) in [6.45, 7) is 0.310. The molecule has 1 aromatic carbocycles. The molecule has 0 unspecified atom stereocenters. The van der Waals surface area contributed by atoms with Gasteiger partial charge in [0.15, 0.2) is 0 Å². The molecule has 21 heavy (non-hydrogen) atoms. The normalized spacial score (nSPS) is 14.2. The second-order valence-corrected chi connectivity index (χ2v) is 7.11. The van der Waals surface area contributed by atoms with Crippen molar-refractivity contribution in [3.8, 4) is 0 Å². The van der Waals surface area contributed by atoms with Crippen molar-refractivity contribution >= 4 is 15.7 Å². The molecule has 1 aliphatic rings. The molecule has 0 aliphatic heterocycles. The minimum Gasteiger partial charge on any atom is -0.352 e. The van der Waals surface area contributed by atoms with Crippen LogP contribution in [0.4, 0.5) is 5.69 Å². The lowest BCUT2D eigenvalue weighted by molar-refractivity contribution is 0.601. The molecule has 112 valence electrons. The number of nitrogens with one attached hydrogen (secondary N) is 1.